The minimum absolute atomic E-state index is 0.0268. The number of rotatable bonds is 7. The zero-order chi connectivity index (χ0) is 24.1. The molecule has 0 fully saturated rings. The Labute approximate surface area is 194 Å². The van der Waals surface area contributed by atoms with Crippen molar-refractivity contribution in [2.24, 2.45) is 13.0 Å². The Balaban J connectivity index is 2.43. The number of hydrogen-bond acceptors (Lipinski definition) is 6. The van der Waals surface area contributed by atoms with Crippen molar-refractivity contribution in [1.29, 1.82) is 5.26 Å². The Bertz CT molecular complexity index is 1030. The highest BCUT2D eigenvalue weighted by molar-refractivity contribution is 6.33. The van der Waals surface area contributed by atoms with Gasteiger partial charge in [-0.1, -0.05) is 70.5 Å². The van der Waals surface area contributed by atoms with Crippen LogP contribution in [0.3, 0.4) is 0 Å². The third kappa shape index (κ3) is 6.27. The maximum atomic E-state index is 11.8. The predicted molar refractivity (Wildman–Crippen MR) is 124 cm³/mol. The summed E-state index contributed by atoms with van der Waals surface area (Å²) in [7, 11) is 1.70. The monoisotopic (exact) mass is 459 g/mol. The zero-order valence-corrected chi connectivity index (χ0v) is 20.4. The van der Waals surface area contributed by atoms with E-state index < -0.39 is 12.9 Å². The molecule has 32 heavy (non-hydrogen) atoms. The van der Waals surface area contributed by atoms with Crippen LogP contribution in [0.25, 0.3) is 11.3 Å². The average molecular weight is 460 g/mol. The fourth-order valence-electron chi connectivity index (χ4n) is 2.93. The summed E-state index contributed by atoms with van der Waals surface area (Å²) in [6.45, 7) is 11.7. The van der Waals surface area contributed by atoms with Crippen molar-refractivity contribution in [2.45, 2.75) is 47.0 Å². The highest BCUT2D eigenvalue weighted by Gasteiger charge is 2.23. The maximum Gasteiger partial charge on any atom is 0.511 e. The van der Waals surface area contributed by atoms with Crippen molar-refractivity contribution in [3.05, 3.63) is 51.8 Å². The molecule has 8 heteroatoms. The molecule has 0 aliphatic heterocycles. The lowest BCUT2D eigenvalue weighted by atomic mass is 9.86. The number of aryl methyl sites for hydroxylation is 2. The molecular weight excluding hydrogens is 430 g/mol. The zero-order valence-electron chi connectivity index (χ0n) is 19.7. The summed E-state index contributed by atoms with van der Waals surface area (Å²) in [5.74, 6) is 0.345. The van der Waals surface area contributed by atoms with Crippen LogP contribution in [-0.2, 0) is 26.7 Å². The molecule has 2 rings (SSSR count). The van der Waals surface area contributed by atoms with Gasteiger partial charge in [0.2, 0.25) is 6.79 Å². The van der Waals surface area contributed by atoms with Gasteiger partial charge in [-0.3, -0.25) is 4.68 Å². The van der Waals surface area contributed by atoms with Crippen molar-refractivity contribution in [3.8, 4) is 6.07 Å². The van der Waals surface area contributed by atoms with E-state index in [1.807, 2.05) is 38.1 Å². The molecule has 0 amide bonds. The van der Waals surface area contributed by atoms with E-state index in [9.17, 15) is 10.1 Å². The number of aromatic nitrogens is 2. The Kier molecular flexibility index (Phi) is 8.34. The summed E-state index contributed by atoms with van der Waals surface area (Å²) in [6, 6.07) is 9.86. The number of carbonyl (C=O) groups excluding carboxylic acids is 1. The molecule has 1 heterocycles. The number of nitrogens with zero attached hydrogens (tertiary/aromatic N) is 3. The van der Waals surface area contributed by atoms with Crippen LogP contribution >= 0.6 is 11.6 Å². The normalized spacial score (nSPS) is 12.2. The molecule has 172 valence electrons. The highest BCUT2D eigenvalue weighted by Crippen LogP contribution is 2.34. The SMILES string of the molecule is Cc1nn(C)c(/C(OCOC(=O)OCC(C)C)=C(\C#N)c2ccc(C(C)(C)C)cc2)c1Cl. The van der Waals surface area contributed by atoms with E-state index in [0.717, 1.165) is 5.56 Å². The Morgan fingerprint density at radius 2 is 1.81 bits per heavy atom. The first kappa shape index (κ1) is 25.3. The third-order valence-corrected chi connectivity index (χ3v) is 5.11. The minimum atomic E-state index is -0.849. The van der Waals surface area contributed by atoms with Gasteiger partial charge in [-0.05, 0) is 29.4 Å². The summed E-state index contributed by atoms with van der Waals surface area (Å²) in [4.78, 5) is 11.8. The van der Waals surface area contributed by atoms with Crippen LogP contribution in [-0.4, -0.2) is 29.3 Å². The van der Waals surface area contributed by atoms with Crippen LogP contribution in [0.5, 0.6) is 0 Å². The molecule has 0 saturated heterocycles. The third-order valence-electron chi connectivity index (χ3n) is 4.66. The van der Waals surface area contributed by atoms with Crippen LogP contribution in [0.1, 0.15) is 57.1 Å². The predicted octanol–water partition coefficient (Wildman–Crippen LogP) is 5.85. The van der Waals surface area contributed by atoms with Crippen molar-refractivity contribution in [3.63, 3.8) is 0 Å². The molecule has 0 N–H and O–H groups in total. The molecular formula is C24H30ClN3O4. The van der Waals surface area contributed by atoms with Crippen molar-refractivity contribution in [1.82, 2.24) is 9.78 Å². The molecule has 0 aliphatic carbocycles. The Morgan fingerprint density at radius 1 is 1.19 bits per heavy atom. The largest absolute Gasteiger partial charge is 0.511 e. The molecule has 2 aromatic rings. The van der Waals surface area contributed by atoms with Gasteiger partial charge in [0.25, 0.3) is 0 Å². The summed E-state index contributed by atoms with van der Waals surface area (Å²) < 4.78 is 17.3. The van der Waals surface area contributed by atoms with Crippen molar-refractivity contribution < 1.29 is 19.0 Å². The molecule has 1 aromatic carbocycles. The van der Waals surface area contributed by atoms with Gasteiger partial charge in [-0.25, -0.2) is 4.79 Å². The summed E-state index contributed by atoms with van der Waals surface area (Å²) in [6.07, 6.45) is -0.849. The van der Waals surface area contributed by atoms with Crippen LogP contribution in [0, 0.1) is 24.2 Å². The van der Waals surface area contributed by atoms with Crippen molar-refractivity contribution >= 4 is 29.1 Å². The molecule has 0 bridgehead atoms. The molecule has 0 atom stereocenters. The van der Waals surface area contributed by atoms with Gasteiger partial charge in [0, 0.05) is 7.05 Å². The van der Waals surface area contributed by atoms with Crippen LogP contribution < -0.4 is 0 Å². The highest BCUT2D eigenvalue weighted by atomic mass is 35.5. The van der Waals surface area contributed by atoms with E-state index in [4.69, 9.17) is 25.8 Å². The number of allylic oxidation sites excluding steroid dienone is 1. The van der Waals surface area contributed by atoms with Gasteiger partial charge in [0.05, 0.1) is 17.3 Å². The van der Waals surface area contributed by atoms with E-state index >= 15 is 0 Å². The molecule has 0 spiro atoms. The standard InChI is InChI=1S/C24H30ClN3O4/c1-15(2)13-30-23(29)32-14-31-22(21-20(25)16(3)27-28(21)7)19(12-26)17-8-10-18(11-9-17)24(4,5)6/h8-11,15H,13-14H2,1-7H3/b22-19-. The lowest BCUT2D eigenvalue weighted by Gasteiger charge is -2.19. The second-order valence-electron chi connectivity index (χ2n) is 8.88. The minimum Gasteiger partial charge on any atom is -0.453 e. The average Bonchev–Trinajstić information content (AvgIpc) is 2.97. The number of benzene rings is 1. The molecule has 0 radical (unpaired) electrons. The van der Waals surface area contributed by atoms with Gasteiger partial charge in [0.1, 0.15) is 17.3 Å². The molecule has 0 saturated carbocycles. The van der Waals surface area contributed by atoms with Gasteiger partial charge < -0.3 is 14.2 Å². The molecule has 7 nitrogen and oxygen atoms in total. The van der Waals surface area contributed by atoms with E-state index in [2.05, 4.69) is 31.9 Å². The lowest BCUT2D eigenvalue weighted by Crippen LogP contribution is -2.14. The van der Waals surface area contributed by atoms with Gasteiger partial charge in [0.15, 0.2) is 5.76 Å². The number of halogens is 1. The fourth-order valence-corrected chi connectivity index (χ4v) is 3.18. The van der Waals surface area contributed by atoms with Crippen molar-refractivity contribution in [2.75, 3.05) is 13.4 Å². The number of carbonyl (C=O) groups is 1. The fraction of sp³-hybridized carbons (Fsp3) is 0.458. The molecule has 0 unspecified atom stereocenters. The molecule has 0 aliphatic rings. The second-order valence-corrected chi connectivity index (χ2v) is 9.25. The topological polar surface area (TPSA) is 86.4 Å². The Morgan fingerprint density at radius 3 is 2.28 bits per heavy atom. The first-order valence-corrected chi connectivity index (χ1v) is 10.7. The first-order chi connectivity index (χ1) is 15.0. The van der Waals surface area contributed by atoms with E-state index in [0.29, 0.717) is 22.0 Å². The van der Waals surface area contributed by atoms with Gasteiger partial charge in [-0.15, -0.1) is 0 Å². The van der Waals surface area contributed by atoms with E-state index in [-0.39, 0.29) is 29.3 Å². The maximum absolute atomic E-state index is 11.8. The quantitative estimate of drug-likeness (QED) is 0.223. The summed E-state index contributed by atoms with van der Waals surface area (Å²) in [5, 5.41) is 14.6. The van der Waals surface area contributed by atoms with Crippen LogP contribution in [0.2, 0.25) is 5.02 Å². The number of ether oxygens (including phenoxy) is 3. The lowest BCUT2D eigenvalue weighted by molar-refractivity contribution is -0.00944. The molecule has 1 aromatic heterocycles. The van der Waals surface area contributed by atoms with E-state index in [1.54, 1.807) is 14.0 Å². The second kappa shape index (κ2) is 10.6. The smallest absolute Gasteiger partial charge is 0.453 e. The summed E-state index contributed by atoms with van der Waals surface area (Å²) >= 11 is 6.47. The van der Waals surface area contributed by atoms with E-state index in [1.165, 1.54) is 4.68 Å². The first-order valence-electron chi connectivity index (χ1n) is 10.3. The summed E-state index contributed by atoms with van der Waals surface area (Å²) in [5.41, 5.74) is 3.00. The van der Waals surface area contributed by atoms with Crippen LogP contribution in [0.15, 0.2) is 24.3 Å². The number of nitriles is 1. The van der Waals surface area contributed by atoms with Crippen LogP contribution in [0.4, 0.5) is 4.79 Å². The van der Waals surface area contributed by atoms with Gasteiger partial charge in [-0.2, -0.15) is 10.4 Å². The number of hydrogen-bond donors (Lipinski definition) is 0. The van der Waals surface area contributed by atoms with Gasteiger partial charge >= 0.3 is 6.16 Å². The Hall–Kier alpha value is -2.98.